The van der Waals surface area contributed by atoms with Gasteiger partial charge in [0.25, 0.3) is 0 Å². The predicted octanol–water partition coefficient (Wildman–Crippen LogP) is 3.52. The second-order valence-electron chi connectivity index (χ2n) is 3.84. The summed E-state index contributed by atoms with van der Waals surface area (Å²) in [5.74, 6) is 0. The van der Waals surface area contributed by atoms with Gasteiger partial charge < -0.3 is 11.1 Å². The maximum absolute atomic E-state index is 5.71. The molecule has 0 aliphatic heterocycles. The molecule has 88 valence electrons. The fourth-order valence-corrected chi connectivity index (χ4v) is 2.05. The Hall–Kier alpha value is -1.32. The lowest BCUT2D eigenvalue weighted by molar-refractivity contribution is 1.05. The molecule has 0 fully saturated rings. The highest BCUT2D eigenvalue weighted by atomic mass is 79.9. The number of hydrogen-bond acceptors (Lipinski definition) is 2. The molecule has 0 aliphatic rings. The third-order valence-electron chi connectivity index (χ3n) is 2.62. The van der Waals surface area contributed by atoms with Gasteiger partial charge in [0.05, 0.1) is 0 Å². The first-order chi connectivity index (χ1) is 8.29. The highest BCUT2D eigenvalue weighted by molar-refractivity contribution is 9.10. The van der Waals surface area contributed by atoms with Gasteiger partial charge in [0.1, 0.15) is 0 Å². The average molecular weight is 291 g/mol. The number of rotatable bonds is 4. The van der Waals surface area contributed by atoms with Gasteiger partial charge in [0.2, 0.25) is 0 Å². The van der Waals surface area contributed by atoms with Crippen LogP contribution < -0.4 is 11.1 Å². The van der Waals surface area contributed by atoms with E-state index in [4.69, 9.17) is 5.73 Å². The normalized spacial score (nSPS) is 10.2. The smallest absolute Gasteiger partial charge is 0.0400 e. The van der Waals surface area contributed by atoms with Gasteiger partial charge in [0, 0.05) is 23.2 Å². The zero-order valence-corrected chi connectivity index (χ0v) is 11.1. The van der Waals surface area contributed by atoms with E-state index in [1.54, 1.807) is 0 Å². The summed E-state index contributed by atoms with van der Waals surface area (Å²) in [4.78, 5) is 0. The van der Waals surface area contributed by atoms with Crippen molar-refractivity contribution in [3.63, 3.8) is 0 Å². The SMILES string of the molecule is NCc1ccc(Br)cc1NCc1ccccc1. The second-order valence-corrected chi connectivity index (χ2v) is 4.76. The molecule has 0 unspecified atom stereocenters. The van der Waals surface area contributed by atoms with Gasteiger partial charge in [-0.1, -0.05) is 52.3 Å². The van der Waals surface area contributed by atoms with Gasteiger partial charge in [-0.05, 0) is 23.3 Å². The minimum atomic E-state index is 0.546. The molecular weight excluding hydrogens is 276 g/mol. The van der Waals surface area contributed by atoms with Crippen LogP contribution in [0.5, 0.6) is 0 Å². The van der Waals surface area contributed by atoms with Crippen molar-refractivity contribution in [1.82, 2.24) is 0 Å². The van der Waals surface area contributed by atoms with Crippen molar-refractivity contribution in [2.45, 2.75) is 13.1 Å². The Morgan fingerprint density at radius 1 is 1.06 bits per heavy atom. The third-order valence-corrected chi connectivity index (χ3v) is 3.11. The zero-order chi connectivity index (χ0) is 12.1. The van der Waals surface area contributed by atoms with Crippen LogP contribution in [0.3, 0.4) is 0 Å². The molecule has 0 saturated heterocycles. The molecule has 3 heteroatoms. The standard InChI is InChI=1S/C14H15BrN2/c15-13-7-6-12(9-16)14(8-13)17-10-11-4-2-1-3-5-11/h1-8,17H,9-10,16H2. The van der Waals surface area contributed by atoms with Gasteiger partial charge in [0.15, 0.2) is 0 Å². The first kappa shape index (κ1) is 12.1. The molecule has 0 amide bonds. The Morgan fingerprint density at radius 3 is 2.53 bits per heavy atom. The molecule has 0 aromatic heterocycles. The Kier molecular flexibility index (Phi) is 4.18. The summed E-state index contributed by atoms with van der Waals surface area (Å²) in [6, 6.07) is 16.4. The van der Waals surface area contributed by atoms with Crippen molar-refractivity contribution in [3.8, 4) is 0 Å². The summed E-state index contributed by atoms with van der Waals surface area (Å²) in [7, 11) is 0. The van der Waals surface area contributed by atoms with Crippen LogP contribution >= 0.6 is 15.9 Å². The van der Waals surface area contributed by atoms with E-state index in [-0.39, 0.29) is 0 Å². The number of nitrogens with two attached hydrogens (primary N) is 1. The summed E-state index contributed by atoms with van der Waals surface area (Å²) in [6.07, 6.45) is 0. The van der Waals surface area contributed by atoms with E-state index in [0.717, 1.165) is 22.3 Å². The summed E-state index contributed by atoms with van der Waals surface area (Å²) >= 11 is 3.47. The van der Waals surface area contributed by atoms with Crippen LogP contribution in [-0.2, 0) is 13.1 Å². The highest BCUT2D eigenvalue weighted by Crippen LogP contribution is 2.21. The quantitative estimate of drug-likeness (QED) is 0.904. The number of benzene rings is 2. The van der Waals surface area contributed by atoms with Gasteiger partial charge in [-0.15, -0.1) is 0 Å². The van der Waals surface area contributed by atoms with Crippen molar-refractivity contribution in [2.75, 3.05) is 5.32 Å². The van der Waals surface area contributed by atoms with Crippen molar-refractivity contribution < 1.29 is 0 Å². The van der Waals surface area contributed by atoms with E-state index in [1.807, 2.05) is 30.3 Å². The number of anilines is 1. The highest BCUT2D eigenvalue weighted by Gasteiger charge is 2.01. The first-order valence-corrected chi connectivity index (χ1v) is 6.35. The molecule has 2 aromatic carbocycles. The van der Waals surface area contributed by atoms with Crippen LogP contribution in [0.2, 0.25) is 0 Å². The van der Waals surface area contributed by atoms with Gasteiger partial charge in [-0.2, -0.15) is 0 Å². The van der Waals surface area contributed by atoms with Crippen LogP contribution in [0.1, 0.15) is 11.1 Å². The van der Waals surface area contributed by atoms with E-state index in [9.17, 15) is 0 Å². The summed E-state index contributed by atoms with van der Waals surface area (Å²) < 4.78 is 1.06. The van der Waals surface area contributed by atoms with Crippen LogP contribution in [0, 0.1) is 0 Å². The second kappa shape index (κ2) is 5.84. The third kappa shape index (κ3) is 3.32. The molecule has 0 atom stereocenters. The van der Waals surface area contributed by atoms with Crippen LogP contribution in [0.15, 0.2) is 53.0 Å². The summed E-state index contributed by atoms with van der Waals surface area (Å²) in [5, 5.41) is 3.41. The maximum Gasteiger partial charge on any atom is 0.0400 e. The monoisotopic (exact) mass is 290 g/mol. The molecule has 0 saturated carbocycles. The molecule has 2 nitrogen and oxygen atoms in total. The lowest BCUT2D eigenvalue weighted by Gasteiger charge is -2.11. The summed E-state index contributed by atoms with van der Waals surface area (Å²) in [6.45, 7) is 1.36. The lowest BCUT2D eigenvalue weighted by atomic mass is 10.1. The van der Waals surface area contributed by atoms with Crippen molar-refractivity contribution in [2.24, 2.45) is 5.73 Å². The molecule has 0 spiro atoms. The van der Waals surface area contributed by atoms with Gasteiger partial charge in [-0.3, -0.25) is 0 Å². The number of hydrogen-bond donors (Lipinski definition) is 2. The van der Waals surface area contributed by atoms with Gasteiger partial charge >= 0.3 is 0 Å². The molecule has 0 bridgehead atoms. The van der Waals surface area contributed by atoms with Crippen molar-refractivity contribution >= 4 is 21.6 Å². The van der Waals surface area contributed by atoms with Crippen LogP contribution in [0.4, 0.5) is 5.69 Å². The number of nitrogens with one attached hydrogen (secondary N) is 1. The Labute approximate surface area is 110 Å². The molecule has 0 aliphatic carbocycles. The van der Waals surface area contributed by atoms with Crippen LogP contribution in [-0.4, -0.2) is 0 Å². The minimum Gasteiger partial charge on any atom is -0.381 e. The molecule has 0 heterocycles. The predicted molar refractivity (Wildman–Crippen MR) is 75.8 cm³/mol. The Morgan fingerprint density at radius 2 is 1.82 bits per heavy atom. The zero-order valence-electron chi connectivity index (χ0n) is 9.49. The van der Waals surface area contributed by atoms with Gasteiger partial charge in [-0.25, -0.2) is 0 Å². The molecule has 2 rings (SSSR count). The maximum atomic E-state index is 5.71. The van der Waals surface area contributed by atoms with Crippen molar-refractivity contribution in [3.05, 3.63) is 64.1 Å². The van der Waals surface area contributed by atoms with E-state index >= 15 is 0 Å². The Balaban J connectivity index is 2.11. The molecule has 2 aromatic rings. The van der Waals surface area contributed by atoms with Crippen molar-refractivity contribution in [1.29, 1.82) is 0 Å². The number of halogens is 1. The molecular formula is C14H15BrN2. The molecule has 3 N–H and O–H groups in total. The molecule has 17 heavy (non-hydrogen) atoms. The minimum absolute atomic E-state index is 0.546. The van der Waals surface area contributed by atoms with Crippen LogP contribution in [0.25, 0.3) is 0 Å². The first-order valence-electron chi connectivity index (χ1n) is 5.56. The van der Waals surface area contributed by atoms with E-state index in [0.29, 0.717) is 6.54 Å². The molecule has 0 radical (unpaired) electrons. The summed E-state index contributed by atoms with van der Waals surface area (Å²) in [5.41, 5.74) is 9.19. The lowest BCUT2D eigenvalue weighted by Crippen LogP contribution is -2.05. The fourth-order valence-electron chi connectivity index (χ4n) is 1.68. The Bertz CT molecular complexity index is 483. The van der Waals surface area contributed by atoms with E-state index in [2.05, 4.69) is 39.4 Å². The largest absolute Gasteiger partial charge is 0.381 e. The van der Waals surface area contributed by atoms with E-state index in [1.165, 1.54) is 5.56 Å². The van der Waals surface area contributed by atoms with E-state index < -0.39 is 0 Å². The fraction of sp³-hybridized carbons (Fsp3) is 0.143. The topological polar surface area (TPSA) is 38.0 Å². The average Bonchev–Trinajstić information content (AvgIpc) is 2.38.